The lowest BCUT2D eigenvalue weighted by Crippen LogP contribution is -2.44. The van der Waals surface area contributed by atoms with Crippen LogP contribution in [0, 0.1) is 25.7 Å². The summed E-state index contributed by atoms with van der Waals surface area (Å²) in [5.74, 6) is 4.28. The molecular formula is C25H38IN5O. The maximum atomic E-state index is 5.75. The molecule has 1 N–H and O–H groups in total. The topological polar surface area (TPSA) is 56.9 Å². The van der Waals surface area contributed by atoms with Crippen LogP contribution in [-0.4, -0.2) is 60.5 Å². The van der Waals surface area contributed by atoms with Gasteiger partial charge in [0.15, 0.2) is 5.96 Å². The maximum Gasteiger partial charge on any atom is 0.208 e. The van der Waals surface area contributed by atoms with Gasteiger partial charge in [-0.2, -0.15) is 0 Å². The van der Waals surface area contributed by atoms with Gasteiger partial charge in [0, 0.05) is 26.7 Å². The number of rotatable bonds is 6. The molecule has 1 unspecified atom stereocenters. The molecule has 32 heavy (non-hydrogen) atoms. The van der Waals surface area contributed by atoms with Crippen LogP contribution in [0.1, 0.15) is 42.2 Å². The highest BCUT2D eigenvalue weighted by Gasteiger charge is 2.26. The summed E-state index contributed by atoms with van der Waals surface area (Å²) in [6.07, 6.45) is 4.82. The van der Waals surface area contributed by atoms with E-state index in [2.05, 4.69) is 55.4 Å². The molecule has 2 fully saturated rings. The fourth-order valence-corrected chi connectivity index (χ4v) is 4.85. The molecule has 0 bridgehead atoms. The summed E-state index contributed by atoms with van der Waals surface area (Å²) in [5, 5.41) is 3.67. The number of aryl methyl sites for hydroxylation is 2. The number of hydrogen-bond donors (Lipinski definition) is 1. The van der Waals surface area contributed by atoms with E-state index in [9.17, 15) is 0 Å². The van der Waals surface area contributed by atoms with E-state index < -0.39 is 0 Å². The number of oxazole rings is 1. The molecule has 0 saturated carbocycles. The van der Waals surface area contributed by atoms with E-state index in [1.54, 1.807) is 0 Å². The molecule has 2 aliphatic rings. The van der Waals surface area contributed by atoms with E-state index in [0.717, 1.165) is 69.0 Å². The number of nitrogens with one attached hydrogen (secondary N) is 1. The van der Waals surface area contributed by atoms with Gasteiger partial charge >= 0.3 is 0 Å². The minimum atomic E-state index is 0. The molecule has 2 aromatic rings. The van der Waals surface area contributed by atoms with Crippen LogP contribution in [0.15, 0.2) is 39.7 Å². The number of hydrogen-bond acceptors (Lipinski definition) is 4. The zero-order valence-electron chi connectivity index (χ0n) is 19.7. The Hall–Kier alpha value is -1.61. The Bertz CT molecular complexity index is 841. The van der Waals surface area contributed by atoms with E-state index in [1.165, 1.54) is 24.8 Å². The minimum Gasteiger partial charge on any atom is -0.444 e. The van der Waals surface area contributed by atoms with Crippen LogP contribution in [0.5, 0.6) is 0 Å². The zero-order valence-corrected chi connectivity index (χ0v) is 22.0. The van der Waals surface area contributed by atoms with Crippen LogP contribution in [0.2, 0.25) is 0 Å². The van der Waals surface area contributed by atoms with Crippen molar-refractivity contribution in [2.75, 3.05) is 39.8 Å². The van der Waals surface area contributed by atoms with Crippen LogP contribution in [-0.2, 0) is 13.0 Å². The van der Waals surface area contributed by atoms with Gasteiger partial charge in [-0.15, -0.1) is 24.0 Å². The molecular weight excluding hydrogens is 513 g/mol. The van der Waals surface area contributed by atoms with Crippen molar-refractivity contribution in [3.05, 3.63) is 53.2 Å². The third-order valence-corrected chi connectivity index (χ3v) is 6.85. The minimum absolute atomic E-state index is 0. The van der Waals surface area contributed by atoms with Crippen molar-refractivity contribution < 1.29 is 4.42 Å². The van der Waals surface area contributed by atoms with E-state index in [-0.39, 0.29) is 24.0 Å². The van der Waals surface area contributed by atoms with Crippen LogP contribution in [0.3, 0.4) is 0 Å². The van der Waals surface area contributed by atoms with Crippen molar-refractivity contribution >= 4 is 29.9 Å². The number of aromatic nitrogens is 1. The highest BCUT2D eigenvalue weighted by Crippen LogP contribution is 2.22. The van der Waals surface area contributed by atoms with Crippen molar-refractivity contribution in [2.24, 2.45) is 16.8 Å². The molecule has 0 aliphatic carbocycles. The van der Waals surface area contributed by atoms with E-state index in [0.29, 0.717) is 11.8 Å². The third-order valence-electron chi connectivity index (χ3n) is 6.85. The molecule has 0 amide bonds. The third kappa shape index (κ3) is 6.70. The second-order valence-corrected chi connectivity index (χ2v) is 9.19. The Morgan fingerprint density at radius 1 is 1.09 bits per heavy atom. The Morgan fingerprint density at radius 3 is 2.47 bits per heavy atom. The second-order valence-electron chi connectivity index (χ2n) is 9.19. The highest BCUT2D eigenvalue weighted by atomic mass is 127. The SMILES string of the molecule is CN=C(NCC1CCN(Cc2nc(C)c(C)o2)CC1)N1CCC(Cc2ccccc2)C1.I. The predicted molar refractivity (Wildman–Crippen MR) is 141 cm³/mol. The predicted octanol–water partition coefficient (Wildman–Crippen LogP) is 4.26. The monoisotopic (exact) mass is 551 g/mol. The van der Waals surface area contributed by atoms with Crippen molar-refractivity contribution in [3.8, 4) is 0 Å². The van der Waals surface area contributed by atoms with Crippen LogP contribution < -0.4 is 5.32 Å². The normalized spacial score (nSPS) is 20.4. The standard InChI is InChI=1S/C25H37N5O.HI/c1-19-20(2)31-24(28-19)18-29-12-9-22(10-13-29)16-27-25(26-3)30-14-11-23(17-30)15-21-7-5-4-6-8-21;/h4-8,22-23H,9-18H2,1-3H3,(H,26,27);1H. The van der Waals surface area contributed by atoms with Gasteiger partial charge in [-0.05, 0) is 70.0 Å². The Balaban J connectivity index is 0.00000289. The number of aliphatic imine (C=N–C) groups is 1. The van der Waals surface area contributed by atoms with Crippen LogP contribution in [0.25, 0.3) is 0 Å². The number of guanidine groups is 1. The smallest absolute Gasteiger partial charge is 0.208 e. The number of nitrogens with zero attached hydrogens (tertiary/aromatic N) is 4. The van der Waals surface area contributed by atoms with Crippen molar-refractivity contribution in [1.29, 1.82) is 0 Å². The van der Waals surface area contributed by atoms with Gasteiger partial charge in [0.1, 0.15) is 5.76 Å². The first-order valence-corrected chi connectivity index (χ1v) is 11.8. The summed E-state index contributed by atoms with van der Waals surface area (Å²) in [5.41, 5.74) is 2.45. The van der Waals surface area contributed by atoms with Gasteiger partial charge in [-0.3, -0.25) is 9.89 Å². The number of likely N-dealkylation sites (tertiary alicyclic amines) is 2. The summed E-state index contributed by atoms with van der Waals surface area (Å²) >= 11 is 0. The fraction of sp³-hybridized carbons (Fsp3) is 0.600. The summed E-state index contributed by atoms with van der Waals surface area (Å²) in [4.78, 5) is 14.0. The average molecular weight is 552 g/mol. The van der Waals surface area contributed by atoms with Crippen molar-refractivity contribution in [1.82, 2.24) is 20.1 Å². The first-order chi connectivity index (χ1) is 15.1. The van der Waals surface area contributed by atoms with Crippen molar-refractivity contribution in [3.63, 3.8) is 0 Å². The molecule has 1 atom stereocenters. The summed E-state index contributed by atoms with van der Waals surface area (Å²) < 4.78 is 5.75. The molecule has 2 aliphatic heterocycles. The number of halogens is 1. The number of benzene rings is 1. The lowest BCUT2D eigenvalue weighted by Gasteiger charge is -2.32. The molecule has 2 saturated heterocycles. The Morgan fingerprint density at radius 2 is 1.81 bits per heavy atom. The van der Waals surface area contributed by atoms with Crippen LogP contribution in [0.4, 0.5) is 0 Å². The lowest BCUT2D eigenvalue weighted by molar-refractivity contribution is 0.163. The Kier molecular flexibility index (Phi) is 9.40. The van der Waals surface area contributed by atoms with Crippen molar-refractivity contribution in [2.45, 2.75) is 46.1 Å². The van der Waals surface area contributed by atoms with Crippen LogP contribution >= 0.6 is 24.0 Å². The molecule has 1 aromatic carbocycles. The van der Waals surface area contributed by atoms with E-state index in [4.69, 9.17) is 4.42 Å². The molecule has 4 rings (SSSR count). The molecule has 0 spiro atoms. The van der Waals surface area contributed by atoms with E-state index >= 15 is 0 Å². The average Bonchev–Trinajstić information content (AvgIpc) is 3.36. The summed E-state index contributed by atoms with van der Waals surface area (Å²) in [7, 11) is 1.91. The highest BCUT2D eigenvalue weighted by molar-refractivity contribution is 14.0. The molecule has 1 aromatic heterocycles. The lowest BCUT2D eigenvalue weighted by atomic mass is 9.97. The van der Waals surface area contributed by atoms with E-state index in [1.807, 2.05) is 20.9 Å². The molecule has 3 heterocycles. The molecule has 7 heteroatoms. The summed E-state index contributed by atoms with van der Waals surface area (Å²) in [6, 6.07) is 10.9. The van der Waals surface area contributed by atoms with Gasteiger partial charge in [0.2, 0.25) is 5.89 Å². The van der Waals surface area contributed by atoms with Gasteiger partial charge in [0.25, 0.3) is 0 Å². The zero-order chi connectivity index (χ0) is 21.6. The Labute approximate surface area is 209 Å². The van der Waals surface area contributed by atoms with Gasteiger partial charge in [-0.1, -0.05) is 30.3 Å². The number of piperidine rings is 1. The van der Waals surface area contributed by atoms with Gasteiger partial charge in [0.05, 0.1) is 12.2 Å². The first-order valence-electron chi connectivity index (χ1n) is 11.8. The fourth-order valence-electron chi connectivity index (χ4n) is 4.85. The molecule has 176 valence electrons. The van der Waals surface area contributed by atoms with Gasteiger partial charge < -0.3 is 14.6 Å². The first kappa shape index (κ1) is 25.0. The largest absolute Gasteiger partial charge is 0.444 e. The van der Waals surface area contributed by atoms with Gasteiger partial charge in [-0.25, -0.2) is 4.98 Å². The maximum absolute atomic E-state index is 5.75. The second kappa shape index (κ2) is 12.0. The summed E-state index contributed by atoms with van der Waals surface area (Å²) in [6.45, 7) is 10.2. The quantitative estimate of drug-likeness (QED) is 0.331. The molecule has 0 radical (unpaired) electrons. The molecule has 6 nitrogen and oxygen atoms in total.